The van der Waals surface area contributed by atoms with Gasteiger partial charge in [-0.15, -0.1) is 0 Å². The van der Waals surface area contributed by atoms with Gasteiger partial charge in [-0.2, -0.15) is 0 Å². The molecule has 1 aromatic rings. The Morgan fingerprint density at radius 3 is 2.47 bits per heavy atom. The van der Waals surface area contributed by atoms with E-state index in [1.807, 2.05) is 13.0 Å². The summed E-state index contributed by atoms with van der Waals surface area (Å²) in [5.74, 6) is 0.124. The molecule has 96 valence electrons. The molecule has 2 N–H and O–H groups in total. The summed E-state index contributed by atoms with van der Waals surface area (Å²) in [4.78, 5) is 0.388. The zero-order valence-corrected chi connectivity index (χ0v) is 11.2. The van der Waals surface area contributed by atoms with Crippen molar-refractivity contribution in [2.75, 3.05) is 30.7 Å². The van der Waals surface area contributed by atoms with Gasteiger partial charge >= 0.3 is 0 Å². The highest BCUT2D eigenvalue weighted by Gasteiger charge is 2.15. The highest BCUT2D eigenvalue weighted by atomic mass is 32.2. The summed E-state index contributed by atoms with van der Waals surface area (Å²) in [7, 11) is -3.15. The number of benzene rings is 1. The standard InChI is InChI=1S/C12H20N2O2S/c1-3-13-9-10-14-11-7-5-6-8-12(11)17(15,16)4-2/h5-8,13-14H,3-4,9-10H2,1-2H3. The van der Waals surface area contributed by atoms with E-state index in [4.69, 9.17) is 0 Å². The number of anilines is 1. The summed E-state index contributed by atoms with van der Waals surface area (Å²) >= 11 is 0. The molecule has 0 radical (unpaired) electrons. The van der Waals surface area contributed by atoms with Crippen LogP contribution >= 0.6 is 0 Å². The van der Waals surface area contributed by atoms with Gasteiger partial charge in [0.1, 0.15) is 0 Å². The van der Waals surface area contributed by atoms with Crippen molar-refractivity contribution in [2.45, 2.75) is 18.7 Å². The highest BCUT2D eigenvalue weighted by Crippen LogP contribution is 2.21. The molecular weight excluding hydrogens is 236 g/mol. The molecule has 0 bridgehead atoms. The molecule has 1 aromatic carbocycles. The van der Waals surface area contributed by atoms with E-state index in [9.17, 15) is 8.42 Å². The number of hydrogen-bond donors (Lipinski definition) is 2. The Kier molecular flexibility index (Phi) is 5.44. The maximum absolute atomic E-state index is 11.9. The van der Waals surface area contributed by atoms with E-state index in [0.29, 0.717) is 17.1 Å². The van der Waals surface area contributed by atoms with Crippen LogP contribution in [-0.2, 0) is 9.84 Å². The van der Waals surface area contributed by atoms with Crippen LogP contribution in [0.4, 0.5) is 5.69 Å². The van der Waals surface area contributed by atoms with E-state index in [2.05, 4.69) is 10.6 Å². The number of nitrogens with one attached hydrogen (secondary N) is 2. The molecule has 0 aliphatic heterocycles. The van der Waals surface area contributed by atoms with Crippen molar-refractivity contribution in [3.63, 3.8) is 0 Å². The lowest BCUT2D eigenvalue weighted by Crippen LogP contribution is -2.22. The van der Waals surface area contributed by atoms with Gasteiger partial charge < -0.3 is 10.6 Å². The van der Waals surface area contributed by atoms with Gasteiger partial charge in [-0.1, -0.05) is 26.0 Å². The number of rotatable bonds is 7. The summed E-state index contributed by atoms with van der Waals surface area (Å²) in [6.07, 6.45) is 0. The van der Waals surface area contributed by atoms with Gasteiger partial charge in [-0.05, 0) is 18.7 Å². The summed E-state index contributed by atoms with van der Waals surface area (Å²) in [5, 5.41) is 6.33. The second kappa shape index (κ2) is 6.61. The molecule has 0 amide bonds. The third-order valence-electron chi connectivity index (χ3n) is 2.47. The third kappa shape index (κ3) is 4.02. The summed E-state index contributed by atoms with van der Waals surface area (Å²) in [6.45, 7) is 6.14. The van der Waals surface area contributed by atoms with Crippen LogP contribution in [0, 0.1) is 0 Å². The Labute approximate surface area is 103 Å². The van der Waals surface area contributed by atoms with Gasteiger partial charge in [0.25, 0.3) is 0 Å². The molecule has 0 atom stereocenters. The van der Waals surface area contributed by atoms with Gasteiger partial charge in [0.2, 0.25) is 0 Å². The predicted molar refractivity (Wildman–Crippen MR) is 71.2 cm³/mol. The smallest absolute Gasteiger partial charge is 0.180 e. The van der Waals surface area contributed by atoms with E-state index in [0.717, 1.165) is 13.1 Å². The van der Waals surface area contributed by atoms with Gasteiger partial charge in [0, 0.05) is 13.1 Å². The molecule has 0 fully saturated rings. The number of sulfone groups is 1. The van der Waals surface area contributed by atoms with E-state index >= 15 is 0 Å². The lowest BCUT2D eigenvalue weighted by molar-refractivity contribution is 0.597. The summed E-state index contributed by atoms with van der Waals surface area (Å²) < 4.78 is 23.7. The Morgan fingerprint density at radius 2 is 1.82 bits per heavy atom. The molecule has 0 saturated carbocycles. The van der Waals surface area contributed by atoms with Crippen LogP contribution in [0.25, 0.3) is 0 Å². The zero-order valence-electron chi connectivity index (χ0n) is 10.4. The van der Waals surface area contributed by atoms with Crippen LogP contribution in [0.1, 0.15) is 13.8 Å². The first-order chi connectivity index (χ1) is 8.11. The quantitative estimate of drug-likeness (QED) is 0.726. The lowest BCUT2D eigenvalue weighted by Gasteiger charge is -2.11. The van der Waals surface area contributed by atoms with Crippen molar-refractivity contribution in [3.05, 3.63) is 24.3 Å². The second-order valence-corrected chi connectivity index (χ2v) is 5.93. The first-order valence-corrected chi connectivity index (χ1v) is 7.53. The molecule has 0 unspecified atom stereocenters. The number of para-hydroxylation sites is 1. The zero-order chi connectivity index (χ0) is 12.7. The molecule has 5 heteroatoms. The maximum Gasteiger partial charge on any atom is 0.180 e. The predicted octanol–water partition coefficient (Wildman–Crippen LogP) is 1.50. The van der Waals surface area contributed by atoms with E-state index in [1.165, 1.54) is 0 Å². The van der Waals surface area contributed by atoms with Crippen LogP contribution in [0.3, 0.4) is 0 Å². The first kappa shape index (κ1) is 14.0. The van der Waals surface area contributed by atoms with Crippen LogP contribution in [0.5, 0.6) is 0 Å². The first-order valence-electron chi connectivity index (χ1n) is 5.88. The fourth-order valence-corrected chi connectivity index (χ4v) is 2.57. The average molecular weight is 256 g/mol. The molecule has 1 rings (SSSR count). The SMILES string of the molecule is CCNCCNc1ccccc1S(=O)(=O)CC. The molecule has 0 aliphatic rings. The van der Waals surface area contributed by atoms with Gasteiger partial charge in [0.15, 0.2) is 9.84 Å². The minimum Gasteiger partial charge on any atom is -0.383 e. The van der Waals surface area contributed by atoms with Crippen LogP contribution < -0.4 is 10.6 Å². The molecule has 17 heavy (non-hydrogen) atoms. The van der Waals surface area contributed by atoms with Gasteiger partial charge in [0.05, 0.1) is 16.3 Å². The van der Waals surface area contributed by atoms with Crippen molar-refractivity contribution in [1.29, 1.82) is 0 Å². The molecule has 0 saturated heterocycles. The lowest BCUT2D eigenvalue weighted by atomic mass is 10.3. The monoisotopic (exact) mass is 256 g/mol. The Morgan fingerprint density at radius 1 is 1.12 bits per heavy atom. The molecule has 0 spiro atoms. The minimum absolute atomic E-state index is 0.124. The number of likely N-dealkylation sites (N-methyl/N-ethyl adjacent to an activating group) is 1. The van der Waals surface area contributed by atoms with Crippen LogP contribution in [0.2, 0.25) is 0 Å². The second-order valence-electron chi connectivity index (χ2n) is 3.68. The fourth-order valence-electron chi connectivity index (χ4n) is 1.50. The van der Waals surface area contributed by atoms with E-state index < -0.39 is 9.84 Å². The average Bonchev–Trinajstić information content (AvgIpc) is 2.35. The largest absolute Gasteiger partial charge is 0.383 e. The van der Waals surface area contributed by atoms with E-state index in [-0.39, 0.29) is 5.75 Å². The van der Waals surface area contributed by atoms with Crippen molar-refractivity contribution < 1.29 is 8.42 Å². The Hall–Kier alpha value is -1.07. The molecule has 0 aromatic heterocycles. The molecular formula is C12H20N2O2S. The van der Waals surface area contributed by atoms with Gasteiger partial charge in [-0.25, -0.2) is 8.42 Å². The Balaban J connectivity index is 2.79. The number of hydrogen-bond acceptors (Lipinski definition) is 4. The van der Waals surface area contributed by atoms with Gasteiger partial charge in [-0.3, -0.25) is 0 Å². The normalized spacial score (nSPS) is 11.4. The summed E-state index contributed by atoms with van der Waals surface area (Å²) in [6, 6.07) is 7.03. The topological polar surface area (TPSA) is 58.2 Å². The van der Waals surface area contributed by atoms with Crippen molar-refractivity contribution >= 4 is 15.5 Å². The van der Waals surface area contributed by atoms with Crippen LogP contribution in [0.15, 0.2) is 29.2 Å². The molecule has 0 heterocycles. The molecule has 0 aliphatic carbocycles. The fraction of sp³-hybridized carbons (Fsp3) is 0.500. The summed E-state index contributed by atoms with van der Waals surface area (Å²) in [5.41, 5.74) is 0.687. The van der Waals surface area contributed by atoms with Crippen molar-refractivity contribution in [1.82, 2.24) is 5.32 Å². The van der Waals surface area contributed by atoms with E-state index in [1.54, 1.807) is 25.1 Å². The highest BCUT2D eigenvalue weighted by molar-refractivity contribution is 7.91. The molecule has 4 nitrogen and oxygen atoms in total. The maximum atomic E-state index is 11.9. The minimum atomic E-state index is -3.15. The van der Waals surface area contributed by atoms with Crippen LogP contribution in [-0.4, -0.2) is 33.8 Å². The Bertz CT molecular complexity index is 444. The van der Waals surface area contributed by atoms with Crippen molar-refractivity contribution in [3.8, 4) is 0 Å². The van der Waals surface area contributed by atoms with Crippen molar-refractivity contribution in [2.24, 2.45) is 0 Å². The third-order valence-corrected chi connectivity index (χ3v) is 4.26.